The molecule has 1 unspecified atom stereocenters. The van der Waals surface area contributed by atoms with Crippen LogP contribution in [0.25, 0.3) is 0 Å². The van der Waals surface area contributed by atoms with E-state index in [2.05, 4.69) is 21.4 Å². The van der Waals surface area contributed by atoms with Gasteiger partial charge < -0.3 is 10.2 Å². The SMILES string of the molecule is N#Cc1ccccc1N1CCC(Nc2nccc(C(F)(F)F)n2)C1. The molecule has 1 fully saturated rings. The first kappa shape index (κ1) is 16.1. The van der Waals surface area contributed by atoms with E-state index < -0.39 is 11.9 Å². The summed E-state index contributed by atoms with van der Waals surface area (Å²) in [6.07, 6.45) is -2.68. The van der Waals surface area contributed by atoms with Crippen molar-refractivity contribution in [1.82, 2.24) is 9.97 Å². The van der Waals surface area contributed by atoms with Crippen LogP contribution in [0.4, 0.5) is 24.8 Å². The number of aromatic nitrogens is 2. The van der Waals surface area contributed by atoms with E-state index in [0.29, 0.717) is 18.7 Å². The number of nitrogens with one attached hydrogen (secondary N) is 1. The van der Waals surface area contributed by atoms with Crippen molar-refractivity contribution in [3.8, 4) is 6.07 Å². The van der Waals surface area contributed by atoms with E-state index in [0.717, 1.165) is 24.4 Å². The molecule has 2 heterocycles. The number of nitrogens with zero attached hydrogens (tertiary/aromatic N) is 4. The van der Waals surface area contributed by atoms with Gasteiger partial charge in [0.1, 0.15) is 11.8 Å². The van der Waals surface area contributed by atoms with Crippen LogP contribution in [0.2, 0.25) is 0 Å². The second-order valence-electron chi connectivity index (χ2n) is 5.47. The summed E-state index contributed by atoms with van der Waals surface area (Å²) in [5, 5.41) is 12.1. The van der Waals surface area contributed by atoms with Crippen LogP contribution in [0.3, 0.4) is 0 Å². The van der Waals surface area contributed by atoms with Gasteiger partial charge in [0.15, 0.2) is 0 Å². The van der Waals surface area contributed by atoms with Gasteiger partial charge in [0.05, 0.1) is 11.3 Å². The van der Waals surface area contributed by atoms with Gasteiger partial charge in [-0.15, -0.1) is 0 Å². The Balaban J connectivity index is 1.70. The molecule has 0 bridgehead atoms. The van der Waals surface area contributed by atoms with Gasteiger partial charge in [-0.25, -0.2) is 9.97 Å². The van der Waals surface area contributed by atoms with Gasteiger partial charge >= 0.3 is 6.18 Å². The molecular formula is C16H14F3N5. The van der Waals surface area contributed by atoms with E-state index in [1.807, 2.05) is 17.0 Å². The number of benzene rings is 1. The summed E-state index contributed by atoms with van der Waals surface area (Å²) in [5.74, 6) is -0.0368. The normalized spacial score (nSPS) is 17.6. The molecule has 1 N–H and O–H groups in total. The smallest absolute Gasteiger partial charge is 0.368 e. The minimum absolute atomic E-state index is 0.0368. The summed E-state index contributed by atoms with van der Waals surface area (Å²) >= 11 is 0. The molecule has 1 aliphatic heterocycles. The van der Waals surface area contributed by atoms with Crippen LogP contribution in [0.1, 0.15) is 17.7 Å². The summed E-state index contributed by atoms with van der Waals surface area (Å²) in [5.41, 5.74) is 0.437. The molecular weight excluding hydrogens is 319 g/mol. The zero-order valence-corrected chi connectivity index (χ0v) is 12.6. The topological polar surface area (TPSA) is 64.8 Å². The van der Waals surface area contributed by atoms with Crippen LogP contribution in [-0.2, 0) is 6.18 Å². The number of para-hydroxylation sites is 1. The summed E-state index contributed by atoms with van der Waals surface area (Å²) in [4.78, 5) is 9.41. The van der Waals surface area contributed by atoms with E-state index in [1.54, 1.807) is 12.1 Å². The Kier molecular flexibility index (Phi) is 4.25. The van der Waals surface area contributed by atoms with Crippen LogP contribution in [-0.4, -0.2) is 29.1 Å². The third-order valence-corrected chi connectivity index (χ3v) is 3.83. The summed E-state index contributed by atoms with van der Waals surface area (Å²) < 4.78 is 38.1. The van der Waals surface area contributed by atoms with Crippen LogP contribution in [0, 0.1) is 11.3 Å². The zero-order chi connectivity index (χ0) is 17.2. The molecule has 0 radical (unpaired) electrons. The maximum Gasteiger partial charge on any atom is 0.433 e. The van der Waals surface area contributed by atoms with Gasteiger partial charge in [0.2, 0.25) is 5.95 Å². The molecule has 0 amide bonds. The quantitative estimate of drug-likeness (QED) is 0.935. The van der Waals surface area contributed by atoms with E-state index in [-0.39, 0.29) is 12.0 Å². The van der Waals surface area contributed by atoms with E-state index >= 15 is 0 Å². The van der Waals surface area contributed by atoms with E-state index in [9.17, 15) is 13.2 Å². The summed E-state index contributed by atoms with van der Waals surface area (Å²) in [6, 6.07) is 10.2. The fraction of sp³-hybridized carbons (Fsp3) is 0.312. The lowest BCUT2D eigenvalue weighted by atomic mass is 10.2. The molecule has 0 saturated carbocycles. The minimum Gasteiger partial charge on any atom is -0.368 e. The standard InChI is InChI=1S/C16H14F3N5/c17-16(18,19)14-5-7-21-15(23-14)22-12-6-8-24(10-12)13-4-2-1-3-11(13)9-20/h1-5,7,12H,6,8,10H2,(H,21,22,23). The molecule has 124 valence electrons. The Morgan fingerprint density at radius 1 is 1.25 bits per heavy atom. The van der Waals surface area contributed by atoms with Gasteiger partial charge in [-0.1, -0.05) is 12.1 Å². The molecule has 24 heavy (non-hydrogen) atoms. The highest BCUT2D eigenvalue weighted by molar-refractivity contribution is 5.60. The number of halogens is 3. The van der Waals surface area contributed by atoms with Crippen LogP contribution < -0.4 is 10.2 Å². The molecule has 8 heteroatoms. The second kappa shape index (κ2) is 6.35. The fourth-order valence-corrected chi connectivity index (χ4v) is 2.71. The third-order valence-electron chi connectivity index (χ3n) is 3.83. The first-order valence-electron chi connectivity index (χ1n) is 7.38. The highest BCUT2D eigenvalue weighted by Crippen LogP contribution is 2.28. The minimum atomic E-state index is -4.49. The first-order chi connectivity index (χ1) is 11.5. The first-order valence-corrected chi connectivity index (χ1v) is 7.38. The Morgan fingerprint density at radius 3 is 2.79 bits per heavy atom. The number of rotatable bonds is 3. The number of hydrogen-bond acceptors (Lipinski definition) is 5. The molecule has 1 atom stereocenters. The molecule has 1 aromatic carbocycles. The van der Waals surface area contributed by atoms with Crippen molar-refractivity contribution in [1.29, 1.82) is 5.26 Å². The summed E-state index contributed by atoms with van der Waals surface area (Å²) in [7, 11) is 0. The Labute approximate surface area is 136 Å². The van der Waals surface area contributed by atoms with E-state index in [4.69, 9.17) is 5.26 Å². The van der Waals surface area contributed by atoms with Crippen molar-refractivity contribution < 1.29 is 13.2 Å². The molecule has 2 aromatic rings. The number of nitriles is 1. The van der Waals surface area contributed by atoms with Crippen molar-refractivity contribution in [3.63, 3.8) is 0 Å². The molecule has 3 rings (SSSR count). The largest absolute Gasteiger partial charge is 0.433 e. The molecule has 1 aliphatic rings. The van der Waals surface area contributed by atoms with Crippen molar-refractivity contribution in [2.24, 2.45) is 0 Å². The number of anilines is 2. The Bertz CT molecular complexity index is 769. The van der Waals surface area contributed by atoms with Gasteiger partial charge in [0, 0.05) is 25.3 Å². The average Bonchev–Trinajstić information content (AvgIpc) is 3.02. The maximum absolute atomic E-state index is 12.7. The van der Waals surface area contributed by atoms with Gasteiger partial charge in [0.25, 0.3) is 0 Å². The van der Waals surface area contributed by atoms with Gasteiger partial charge in [-0.05, 0) is 24.6 Å². The Hall–Kier alpha value is -2.82. The predicted octanol–water partition coefficient (Wildman–Crippen LogP) is 3.06. The zero-order valence-electron chi connectivity index (χ0n) is 12.6. The molecule has 1 saturated heterocycles. The average molecular weight is 333 g/mol. The number of alkyl halides is 3. The lowest BCUT2D eigenvalue weighted by Crippen LogP contribution is -2.27. The molecule has 5 nitrogen and oxygen atoms in total. The van der Waals surface area contributed by atoms with Crippen molar-refractivity contribution in [2.45, 2.75) is 18.6 Å². The maximum atomic E-state index is 12.7. The third kappa shape index (κ3) is 3.40. The number of hydrogen-bond donors (Lipinski definition) is 1. The lowest BCUT2D eigenvalue weighted by Gasteiger charge is -2.20. The van der Waals surface area contributed by atoms with Crippen LogP contribution in [0.5, 0.6) is 0 Å². The van der Waals surface area contributed by atoms with Crippen LogP contribution in [0.15, 0.2) is 36.5 Å². The Morgan fingerprint density at radius 2 is 2.04 bits per heavy atom. The summed E-state index contributed by atoms with van der Waals surface area (Å²) in [6.45, 7) is 1.27. The predicted molar refractivity (Wildman–Crippen MR) is 82.4 cm³/mol. The second-order valence-corrected chi connectivity index (χ2v) is 5.47. The van der Waals surface area contributed by atoms with Crippen LogP contribution >= 0.6 is 0 Å². The highest BCUT2D eigenvalue weighted by atomic mass is 19.4. The molecule has 1 aromatic heterocycles. The molecule has 0 aliphatic carbocycles. The van der Waals surface area contributed by atoms with Gasteiger partial charge in [-0.3, -0.25) is 0 Å². The molecule has 0 spiro atoms. The van der Waals surface area contributed by atoms with Gasteiger partial charge in [-0.2, -0.15) is 18.4 Å². The monoisotopic (exact) mass is 333 g/mol. The van der Waals surface area contributed by atoms with Crippen molar-refractivity contribution in [2.75, 3.05) is 23.3 Å². The fourth-order valence-electron chi connectivity index (χ4n) is 2.71. The lowest BCUT2D eigenvalue weighted by molar-refractivity contribution is -0.141. The van der Waals surface area contributed by atoms with Crippen molar-refractivity contribution >= 4 is 11.6 Å². The van der Waals surface area contributed by atoms with E-state index in [1.165, 1.54) is 0 Å². The van der Waals surface area contributed by atoms with Crippen molar-refractivity contribution in [3.05, 3.63) is 47.8 Å². The highest BCUT2D eigenvalue weighted by Gasteiger charge is 2.33.